The molecule has 0 atom stereocenters. The first-order chi connectivity index (χ1) is 16.1. The van der Waals surface area contributed by atoms with Crippen molar-refractivity contribution < 1.29 is 19.1 Å². The number of benzene rings is 2. The van der Waals surface area contributed by atoms with Gasteiger partial charge in [-0.2, -0.15) is 0 Å². The van der Waals surface area contributed by atoms with Gasteiger partial charge in [0.15, 0.2) is 16.6 Å². The third kappa shape index (κ3) is 4.43. The molecule has 0 spiro atoms. The van der Waals surface area contributed by atoms with Crippen LogP contribution in [0, 0.1) is 5.92 Å². The molecule has 8 heteroatoms. The molecule has 1 aliphatic carbocycles. The van der Waals surface area contributed by atoms with E-state index < -0.39 is 0 Å². The smallest absolute Gasteiger partial charge is 0.230 e. The Kier molecular flexibility index (Phi) is 5.76. The van der Waals surface area contributed by atoms with Crippen LogP contribution in [0.1, 0.15) is 24.0 Å². The molecule has 1 aromatic heterocycles. The van der Waals surface area contributed by atoms with Gasteiger partial charge in [0.2, 0.25) is 11.8 Å². The number of nitrogens with zero attached hydrogens (tertiary/aromatic N) is 2. The maximum Gasteiger partial charge on any atom is 0.230 e. The van der Waals surface area contributed by atoms with Crippen LogP contribution < -0.4 is 19.7 Å². The van der Waals surface area contributed by atoms with E-state index in [1.165, 1.54) is 16.9 Å². The Bertz CT molecular complexity index is 1220. The molecule has 2 aromatic carbocycles. The molecule has 2 aliphatic rings. The Hall–Kier alpha value is -3.39. The normalized spacial score (nSPS) is 14.7. The quantitative estimate of drug-likeness (QED) is 0.565. The lowest BCUT2D eigenvalue weighted by Gasteiger charge is -2.17. The number of carbonyl (C=O) groups is 2. The highest BCUT2D eigenvalue weighted by atomic mass is 32.1. The fraction of sp³-hybridized carbons (Fsp3) is 0.320. The van der Waals surface area contributed by atoms with E-state index in [1.54, 1.807) is 26.4 Å². The van der Waals surface area contributed by atoms with Crippen LogP contribution in [0.5, 0.6) is 11.5 Å². The molecule has 33 heavy (non-hydrogen) atoms. The predicted octanol–water partition coefficient (Wildman–Crippen LogP) is 4.31. The second-order valence-electron chi connectivity index (χ2n) is 8.31. The van der Waals surface area contributed by atoms with E-state index in [0.29, 0.717) is 16.6 Å². The average molecular weight is 464 g/mol. The van der Waals surface area contributed by atoms with Gasteiger partial charge in [0, 0.05) is 29.1 Å². The van der Waals surface area contributed by atoms with E-state index >= 15 is 0 Å². The minimum absolute atomic E-state index is 0.147. The standard InChI is InChI=1S/C25H25N3O4S/c1-31-21-8-3-15(11-22(21)32-2)12-23(29)27-25-26-19(14-33-25)17-6-7-20-18(13-17)9-10-28(20)24(30)16-4-5-16/h3,6-8,11,13-14,16H,4-5,9-10,12H2,1-2H3,(H,26,27,29). The molecule has 1 fully saturated rings. The van der Waals surface area contributed by atoms with Crippen molar-refractivity contribution in [1.82, 2.24) is 4.98 Å². The Morgan fingerprint density at radius 1 is 1.12 bits per heavy atom. The molecule has 2 amide bonds. The molecule has 5 rings (SSSR count). The largest absolute Gasteiger partial charge is 0.493 e. The summed E-state index contributed by atoms with van der Waals surface area (Å²) in [6.45, 7) is 0.753. The second kappa shape index (κ2) is 8.86. The first kappa shape index (κ1) is 21.5. The van der Waals surface area contributed by atoms with Gasteiger partial charge >= 0.3 is 0 Å². The molecule has 0 bridgehead atoms. The van der Waals surface area contributed by atoms with Crippen molar-refractivity contribution in [2.75, 3.05) is 31.0 Å². The van der Waals surface area contributed by atoms with Crippen LogP contribution in [-0.4, -0.2) is 37.6 Å². The monoisotopic (exact) mass is 463 g/mol. The highest BCUT2D eigenvalue weighted by Gasteiger charge is 2.36. The molecular weight excluding hydrogens is 438 g/mol. The van der Waals surface area contributed by atoms with Gasteiger partial charge in [-0.15, -0.1) is 11.3 Å². The number of methoxy groups -OCH3 is 2. The van der Waals surface area contributed by atoms with Gasteiger partial charge in [-0.1, -0.05) is 12.1 Å². The molecule has 3 aromatic rings. The lowest BCUT2D eigenvalue weighted by molar-refractivity contribution is -0.119. The summed E-state index contributed by atoms with van der Waals surface area (Å²) in [5.41, 5.74) is 4.83. The number of aromatic nitrogens is 1. The zero-order valence-electron chi connectivity index (χ0n) is 18.6. The minimum atomic E-state index is -0.147. The summed E-state index contributed by atoms with van der Waals surface area (Å²) < 4.78 is 10.5. The first-order valence-corrected chi connectivity index (χ1v) is 11.8. The van der Waals surface area contributed by atoms with E-state index in [1.807, 2.05) is 28.5 Å². The van der Waals surface area contributed by atoms with Crippen LogP contribution in [0.4, 0.5) is 10.8 Å². The van der Waals surface area contributed by atoms with Crippen LogP contribution in [-0.2, 0) is 22.4 Å². The number of fused-ring (bicyclic) bond motifs is 1. The Balaban J connectivity index is 1.25. The lowest BCUT2D eigenvalue weighted by Crippen LogP contribution is -2.30. The van der Waals surface area contributed by atoms with Gasteiger partial charge in [-0.25, -0.2) is 4.98 Å². The van der Waals surface area contributed by atoms with Crippen molar-refractivity contribution in [3.05, 3.63) is 52.9 Å². The van der Waals surface area contributed by atoms with Gasteiger partial charge in [0.25, 0.3) is 0 Å². The Labute approximate surface area is 196 Å². The van der Waals surface area contributed by atoms with Gasteiger partial charge in [-0.05, 0) is 54.7 Å². The van der Waals surface area contributed by atoms with Crippen molar-refractivity contribution in [3.63, 3.8) is 0 Å². The summed E-state index contributed by atoms with van der Waals surface area (Å²) >= 11 is 1.40. The lowest BCUT2D eigenvalue weighted by atomic mass is 10.1. The summed E-state index contributed by atoms with van der Waals surface area (Å²) in [7, 11) is 3.15. The van der Waals surface area contributed by atoms with Crippen LogP contribution >= 0.6 is 11.3 Å². The summed E-state index contributed by atoms with van der Waals surface area (Å²) in [4.78, 5) is 31.6. The minimum Gasteiger partial charge on any atom is -0.493 e. The van der Waals surface area contributed by atoms with Gasteiger partial charge in [-0.3, -0.25) is 9.59 Å². The predicted molar refractivity (Wildman–Crippen MR) is 128 cm³/mol. The van der Waals surface area contributed by atoms with Crippen molar-refractivity contribution in [3.8, 4) is 22.8 Å². The van der Waals surface area contributed by atoms with Crippen LogP contribution in [0.3, 0.4) is 0 Å². The number of anilines is 2. The third-order valence-corrected chi connectivity index (χ3v) is 6.78. The van der Waals surface area contributed by atoms with Crippen LogP contribution in [0.25, 0.3) is 11.3 Å². The molecule has 170 valence electrons. The van der Waals surface area contributed by atoms with Crippen molar-refractivity contribution in [2.24, 2.45) is 5.92 Å². The highest BCUT2D eigenvalue weighted by molar-refractivity contribution is 7.14. The number of hydrogen-bond donors (Lipinski definition) is 1. The number of rotatable bonds is 7. The van der Waals surface area contributed by atoms with E-state index in [0.717, 1.165) is 48.3 Å². The fourth-order valence-corrected chi connectivity index (χ4v) is 4.88. The highest BCUT2D eigenvalue weighted by Crippen LogP contribution is 2.38. The Morgan fingerprint density at radius 3 is 2.70 bits per heavy atom. The fourth-order valence-electron chi connectivity index (χ4n) is 4.14. The molecule has 0 unspecified atom stereocenters. The Morgan fingerprint density at radius 2 is 1.94 bits per heavy atom. The van der Waals surface area contributed by atoms with Gasteiger partial charge in [0.1, 0.15) is 0 Å². The first-order valence-electron chi connectivity index (χ1n) is 11.0. The summed E-state index contributed by atoms with van der Waals surface area (Å²) in [6.07, 6.45) is 3.10. The summed E-state index contributed by atoms with van der Waals surface area (Å²) in [6, 6.07) is 11.6. The molecule has 1 aliphatic heterocycles. The van der Waals surface area contributed by atoms with Gasteiger partial charge in [0.05, 0.1) is 26.3 Å². The maximum atomic E-state index is 12.5. The molecule has 0 saturated heterocycles. The van der Waals surface area contributed by atoms with E-state index in [9.17, 15) is 9.59 Å². The molecule has 1 N–H and O–H groups in total. The molecule has 7 nitrogen and oxygen atoms in total. The van der Waals surface area contributed by atoms with E-state index in [2.05, 4.69) is 16.4 Å². The summed E-state index contributed by atoms with van der Waals surface area (Å²) in [5, 5.41) is 5.38. The SMILES string of the molecule is COc1ccc(CC(=O)Nc2nc(-c3ccc4c(c3)CCN4C(=O)C3CC3)cs2)cc1OC. The van der Waals surface area contributed by atoms with Crippen LogP contribution in [0.2, 0.25) is 0 Å². The van der Waals surface area contributed by atoms with E-state index in [-0.39, 0.29) is 24.2 Å². The maximum absolute atomic E-state index is 12.5. The average Bonchev–Trinajstić information content (AvgIpc) is 3.43. The topological polar surface area (TPSA) is 80.8 Å². The third-order valence-electron chi connectivity index (χ3n) is 6.03. The number of ether oxygens (including phenoxy) is 2. The molecule has 0 radical (unpaired) electrons. The van der Waals surface area contributed by atoms with E-state index in [4.69, 9.17) is 9.47 Å². The number of nitrogens with one attached hydrogen (secondary N) is 1. The number of amides is 2. The molecule has 1 saturated carbocycles. The van der Waals surface area contributed by atoms with Crippen LogP contribution in [0.15, 0.2) is 41.8 Å². The molecule has 2 heterocycles. The number of hydrogen-bond acceptors (Lipinski definition) is 6. The molecular formula is C25H25N3O4S. The van der Waals surface area contributed by atoms with Crippen molar-refractivity contribution >= 4 is 34.0 Å². The number of thiazole rings is 1. The van der Waals surface area contributed by atoms with Crippen molar-refractivity contribution in [1.29, 1.82) is 0 Å². The zero-order valence-corrected chi connectivity index (χ0v) is 19.4. The van der Waals surface area contributed by atoms with Gasteiger partial charge < -0.3 is 19.7 Å². The zero-order chi connectivity index (χ0) is 22.9. The van der Waals surface area contributed by atoms with Crippen molar-refractivity contribution in [2.45, 2.75) is 25.7 Å². The number of carbonyl (C=O) groups excluding carboxylic acids is 2. The summed E-state index contributed by atoms with van der Waals surface area (Å²) in [5.74, 6) is 1.55. The second-order valence-corrected chi connectivity index (χ2v) is 9.17.